The maximum atomic E-state index is 10.6. The van der Waals surface area contributed by atoms with Gasteiger partial charge in [-0.1, -0.05) is 37.9 Å². The average Bonchev–Trinajstić information content (AvgIpc) is 1.95. The van der Waals surface area contributed by atoms with E-state index >= 15 is 0 Å². The zero-order valence-electron chi connectivity index (χ0n) is 7.37. The van der Waals surface area contributed by atoms with Gasteiger partial charge in [0.25, 0.3) is 10.1 Å². The number of benzene rings is 1. The van der Waals surface area contributed by atoms with Crippen LogP contribution in [0.5, 0.6) is 0 Å². The molecule has 14 heavy (non-hydrogen) atoms. The van der Waals surface area contributed by atoms with Gasteiger partial charge in [0.15, 0.2) is 0 Å². The smallest absolute Gasteiger partial charge is 0.269 e. The summed E-state index contributed by atoms with van der Waals surface area (Å²) in [6, 6.07) is 5.19. The van der Waals surface area contributed by atoms with Gasteiger partial charge in [-0.25, -0.2) is 0 Å². The minimum Gasteiger partial charge on any atom is -0.285 e. The van der Waals surface area contributed by atoms with Gasteiger partial charge in [0.2, 0.25) is 0 Å². The molecule has 1 aromatic carbocycles. The van der Waals surface area contributed by atoms with E-state index in [-0.39, 0.29) is 29.6 Å². The Hall–Kier alpha value is 1.09. The van der Waals surface area contributed by atoms with Gasteiger partial charge < -0.3 is 0 Å². The zero-order chi connectivity index (χ0) is 10.1. The van der Waals surface area contributed by atoms with Crippen LogP contribution in [0.2, 0.25) is 0 Å². The second kappa shape index (κ2) is 5.98. The third-order valence-corrected chi connectivity index (χ3v) is 3.53. The predicted octanol–water partition coefficient (Wildman–Crippen LogP) is 2.22. The van der Waals surface area contributed by atoms with E-state index in [4.69, 9.17) is 4.55 Å². The predicted molar refractivity (Wildman–Crippen MR) is 62.8 cm³/mol. The summed E-state index contributed by atoms with van der Waals surface area (Å²) < 4.78 is 31.2. The Bertz CT molecular complexity index is 399. The standard InChI is InChI=1S/C7H6Br2O3S.Na/c8-6-2-1-3-7(9)5(6)4-13(10,11)12;/h1-3H,4H2,(H,10,11,12);. The van der Waals surface area contributed by atoms with Crippen LogP contribution in [0.4, 0.5) is 0 Å². The van der Waals surface area contributed by atoms with Crippen molar-refractivity contribution in [2.45, 2.75) is 5.75 Å². The monoisotopic (exact) mass is 351 g/mol. The molecule has 7 heteroatoms. The fraction of sp³-hybridized carbons (Fsp3) is 0.143. The summed E-state index contributed by atoms with van der Waals surface area (Å²) in [6.45, 7) is 0. The fourth-order valence-electron chi connectivity index (χ4n) is 0.853. The third kappa shape index (κ3) is 4.74. The summed E-state index contributed by atoms with van der Waals surface area (Å²) in [7, 11) is -3.98. The average molecular weight is 353 g/mol. The van der Waals surface area contributed by atoms with Gasteiger partial charge in [-0.3, -0.25) is 4.55 Å². The second-order valence-corrected chi connectivity index (χ2v) is 5.59. The summed E-state index contributed by atoms with van der Waals surface area (Å²) in [4.78, 5) is 0. The van der Waals surface area contributed by atoms with Crippen molar-refractivity contribution < 1.29 is 13.0 Å². The normalized spacial score (nSPS) is 10.8. The molecule has 0 fully saturated rings. The van der Waals surface area contributed by atoms with Crippen LogP contribution in [0.15, 0.2) is 27.1 Å². The maximum Gasteiger partial charge on any atom is 0.269 e. The van der Waals surface area contributed by atoms with E-state index in [1.54, 1.807) is 18.2 Å². The second-order valence-electron chi connectivity index (χ2n) is 2.43. The van der Waals surface area contributed by atoms with Crippen LogP contribution in [-0.4, -0.2) is 42.5 Å². The molecule has 0 saturated carbocycles. The molecule has 0 aliphatic heterocycles. The summed E-state index contributed by atoms with van der Waals surface area (Å²) in [5.74, 6) is -0.394. The minimum absolute atomic E-state index is 0. The van der Waals surface area contributed by atoms with Crippen molar-refractivity contribution in [1.82, 2.24) is 0 Å². The van der Waals surface area contributed by atoms with Crippen molar-refractivity contribution in [3.05, 3.63) is 32.7 Å². The van der Waals surface area contributed by atoms with Gasteiger partial charge in [-0.05, 0) is 17.7 Å². The summed E-state index contributed by atoms with van der Waals surface area (Å²) in [5.41, 5.74) is 0.519. The molecule has 0 unspecified atom stereocenters. The van der Waals surface area contributed by atoms with Crippen LogP contribution < -0.4 is 0 Å². The summed E-state index contributed by atoms with van der Waals surface area (Å²) >= 11 is 6.39. The van der Waals surface area contributed by atoms with Crippen LogP contribution in [0.25, 0.3) is 0 Å². The largest absolute Gasteiger partial charge is 0.285 e. The quantitative estimate of drug-likeness (QED) is 0.656. The first-order chi connectivity index (χ1) is 5.90. The van der Waals surface area contributed by atoms with Crippen molar-refractivity contribution >= 4 is 71.5 Å². The first kappa shape index (κ1) is 15.1. The Balaban J connectivity index is 0.00000169. The molecule has 0 aliphatic carbocycles. The van der Waals surface area contributed by atoms with E-state index in [1.165, 1.54) is 0 Å². The van der Waals surface area contributed by atoms with Crippen molar-refractivity contribution in [2.75, 3.05) is 0 Å². The van der Waals surface area contributed by atoms with Crippen molar-refractivity contribution in [1.29, 1.82) is 0 Å². The molecule has 0 aliphatic rings. The molecular formula is C7H6Br2NaO3S. The topological polar surface area (TPSA) is 54.4 Å². The van der Waals surface area contributed by atoms with Crippen molar-refractivity contribution in [3.8, 4) is 0 Å². The zero-order valence-corrected chi connectivity index (χ0v) is 13.4. The molecule has 0 saturated heterocycles. The Morgan fingerprint density at radius 3 is 2.00 bits per heavy atom. The number of rotatable bonds is 2. The molecule has 1 N–H and O–H groups in total. The van der Waals surface area contributed by atoms with Crippen molar-refractivity contribution in [3.63, 3.8) is 0 Å². The molecule has 3 nitrogen and oxygen atoms in total. The number of hydrogen-bond acceptors (Lipinski definition) is 2. The van der Waals surface area contributed by atoms with Gasteiger partial charge >= 0.3 is 0 Å². The van der Waals surface area contributed by atoms with Gasteiger partial charge in [0.05, 0.1) is 0 Å². The first-order valence-electron chi connectivity index (χ1n) is 3.28. The molecule has 1 rings (SSSR count). The van der Waals surface area contributed by atoms with Gasteiger partial charge in [-0.2, -0.15) is 8.42 Å². The molecule has 0 aromatic heterocycles. The van der Waals surface area contributed by atoms with E-state index in [2.05, 4.69) is 31.9 Å². The Morgan fingerprint density at radius 1 is 1.21 bits per heavy atom. The van der Waals surface area contributed by atoms with E-state index in [0.717, 1.165) is 0 Å². The maximum absolute atomic E-state index is 10.6. The molecule has 0 amide bonds. The van der Waals surface area contributed by atoms with Crippen LogP contribution in [-0.2, 0) is 15.9 Å². The molecule has 0 heterocycles. The summed E-state index contributed by atoms with van der Waals surface area (Å²) in [6.07, 6.45) is 0. The molecule has 0 spiro atoms. The first-order valence-corrected chi connectivity index (χ1v) is 6.48. The molecule has 0 bridgehead atoms. The van der Waals surface area contributed by atoms with Gasteiger partial charge in [-0.15, -0.1) is 0 Å². The van der Waals surface area contributed by atoms with Gasteiger partial charge in [0, 0.05) is 38.5 Å². The Kier molecular flexibility index (Phi) is 6.45. The Labute approximate surface area is 122 Å². The molecule has 1 aromatic rings. The minimum atomic E-state index is -3.98. The van der Waals surface area contributed by atoms with E-state index in [0.29, 0.717) is 14.5 Å². The fourth-order valence-corrected chi connectivity index (χ4v) is 3.18. The van der Waals surface area contributed by atoms with E-state index in [1.807, 2.05) is 0 Å². The third-order valence-electron chi connectivity index (χ3n) is 1.39. The van der Waals surface area contributed by atoms with Crippen molar-refractivity contribution in [2.24, 2.45) is 0 Å². The van der Waals surface area contributed by atoms with E-state index < -0.39 is 15.9 Å². The van der Waals surface area contributed by atoms with Crippen LogP contribution in [0.3, 0.4) is 0 Å². The molecule has 1 radical (unpaired) electrons. The SMILES string of the molecule is O=S(=O)(O)Cc1c(Br)cccc1Br.[Na]. The Morgan fingerprint density at radius 2 is 1.64 bits per heavy atom. The molecule has 73 valence electrons. The van der Waals surface area contributed by atoms with Crippen LogP contribution in [0.1, 0.15) is 5.56 Å². The number of halogens is 2. The number of hydrogen-bond donors (Lipinski definition) is 1. The molecule has 0 atom stereocenters. The summed E-state index contributed by atoms with van der Waals surface area (Å²) in [5, 5.41) is 0. The van der Waals surface area contributed by atoms with Crippen LogP contribution >= 0.6 is 31.9 Å². The molecular weight excluding hydrogens is 347 g/mol. The van der Waals surface area contributed by atoms with E-state index in [9.17, 15) is 8.42 Å². The van der Waals surface area contributed by atoms with Gasteiger partial charge in [0.1, 0.15) is 5.75 Å². The van der Waals surface area contributed by atoms with Crippen LogP contribution in [0, 0.1) is 0 Å².